The van der Waals surface area contributed by atoms with Crippen LogP contribution < -0.4 is 5.73 Å². The minimum atomic E-state index is -1.03. The van der Waals surface area contributed by atoms with Crippen molar-refractivity contribution in [2.75, 3.05) is 13.2 Å². The molecular weight excluding hydrogens is 192 g/mol. The van der Waals surface area contributed by atoms with Crippen molar-refractivity contribution in [2.24, 2.45) is 10.9 Å². The summed E-state index contributed by atoms with van der Waals surface area (Å²) in [7, 11) is 0. The van der Waals surface area contributed by atoms with Gasteiger partial charge in [-0.3, -0.25) is 4.84 Å². The van der Waals surface area contributed by atoms with Gasteiger partial charge in [-0.2, -0.15) is 0 Å². The van der Waals surface area contributed by atoms with Gasteiger partial charge in [0.2, 0.25) is 5.84 Å². The number of nitrogens with zero attached hydrogens (tertiary/aromatic N) is 1. The summed E-state index contributed by atoms with van der Waals surface area (Å²) in [5, 5.41) is 3.01. The van der Waals surface area contributed by atoms with Crippen LogP contribution in [0.5, 0.6) is 0 Å². The van der Waals surface area contributed by atoms with E-state index < -0.39 is 18.0 Å². The summed E-state index contributed by atoms with van der Waals surface area (Å²) in [5.74, 6) is -1.39. The third kappa shape index (κ3) is 4.96. The minimum absolute atomic E-state index is 0.146. The number of amidine groups is 1. The molecule has 7 heteroatoms. The van der Waals surface area contributed by atoms with Crippen molar-refractivity contribution in [3.8, 4) is 0 Å². The van der Waals surface area contributed by atoms with Crippen LogP contribution in [0.25, 0.3) is 0 Å². The normalized spacial score (nSPS) is 10.6. The Morgan fingerprint density at radius 2 is 1.79 bits per heavy atom. The molecule has 0 bridgehead atoms. The van der Waals surface area contributed by atoms with Crippen molar-refractivity contribution in [3.63, 3.8) is 0 Å². The Kier molecular flexibility index (Phi) is 5.84. The molecule has 0 aliphatic heterocycles. The van der Waals surface area contributed by atoms with E-state index in [1.54, 1.807) is 13.8 Å². The Bertz CT molecular complexity index is 238. The van der Waals surface area contributed by atoms with E-state index in [1.165, 1.54) is 0 Å². The summed E-state index contributed by atoms with van der Waals surface area (Å²) < 4.78 is 8.83. The first-order valence-corrected chi connectivity index (χ1v) is 3.96. The van der Waals surface area contributed by atoms with Crippen LogP contribution in [0.1, 0.15) is 13.8 Å². The van der Waals surface area contributed by atoms with Gasteiger partial charge in [-0.15, -0.1) is 0 Å². The molecule has 2 N–H and O–H groups in total. The summed E-state index contributed by atoms with van der Waals surface area (Å²) in [6.45, 7) is 3.51. The molecule has 0 atom stereocenters. The molecule has 0 aliphatic carbocycles. The molecule has 0 radical (unpaired) electrons. The van der Waals surface area contributed by atoms with E-state index in [4.69, 9.17) is 5.73 Å². The first kappa shape index (κ1) is 12.2. The second-order valence-corrected chi connectivity index (χ2v) is 1.97. The molecule has 0 spiro atoms. The maximum Gasteiger partial charge on any atom is 0.535 e. The van der Waals surface area contributed by atoms with Gasteiger partial charge in [0.25, 0.3) is 0 Å². The lowest BCUT2D eigenvalue weighted by Crippen LogP contribution is -2.26. The van der Waals surface area contributed by atoms with Crippen molar-refractivity contribution in [1.82, 2.24) is 0 Å². The highest BCUT2D eigenvalue weighted by atomic mass is 16.8. The minimum Gasteiger partial charge on any atom is -0.460 e. The number of hydrogen-bond acceptors (Lipinski definition) is 6. The molecule has 0 amide bonds. The Hall–Kier alpha value is -1.79. The molecule has 14 heavy (non-hydrogen) atoms. The lowest BCUT2D eigenvalue weighted by Gasteiger charge is -2.00. The van der Waals surface area contributed by atoms with Gasteiger partial charge in [-0.05, 0) is 19.0 Å². The number of oxime groups is 1. The summed E-state index contributed by atoms with van der Waals surface area (Å²) in [4.78, 5) is 25.5. The Labute approximate surface area is 80.8 Å². The molecule has 7 nitrogen and oxygen atoms in total. The summed E-state index contributed by atoms with van der Waals surface area (Å²) >= 11 is 0. The van der Waals surface area contributed by atoms with E-state index in [0.717, 1.165) is 0 Å². The van der Waals surface area contributed by atoms with Gasteiger partial charge in [0, 0.05) is 0 Å². The Balaban J connectivity index is 3.98. The van der Waals surface area contributed by atoms with Crippen LogP contribution in [-0.2, 0) is 19.1 Å². The lowest BCUT2D eigenvalue weighted by atomic mass is 10.6. The van der Waals surface area contributed by atoms with Gasteiger partial charge in [0.05, 0.1) is 13.2 Å². The number of nitrogens with two attached hydrogens (primary N) is 1. The fourth-order valence-electron chi connectivity index (χ4n) is 0.473. The summed E-state index contributed by atoms with van der Waals surface area (Å²) in [5.41, 5.74) is 5.09. The average molecular weight is 204 g/mol. The van der Waals surface area contributed by atoms with Gasteiger partial charge in [0.1, 0.15) is 0 Å². The van der Waals surface area contributed by atoms with Crippen LogP contribution in [0.4, 0.5) is 4.79 Å². The maximum absolute atomic E-state index is 10.8. The van der Waals surface area contributed by atoms with Gasteiger partial charge >= 0.3 is 12.1 Å². The van der Waals surface area contributed by atoms with Gasteiger partial charge in [-0.25, -0.2) is 9.59 Å². The number of esters is 1. The van der Waals surface area contributed by atoms with Crippen LogP contribution in [0, 0.1) is 0 Å². The van der Waals surface area contributed by atoms with E-state index in [-0.39, 0.29) is 13.2 Å². The average Bonchev–Trinajstić information content (AvgIpc) is 2.15. The van der Waals surface area contributed by atoms with Crippen molar-refractivity contribution in [1.29, 1.82) is 0 Å². The highest BCUT2D eigenvalue weighted by Crippen LogP contribution is 1.87. The largest absolute Gasteiger partial charge is 0.535 e. The Morgan fingerprint density at radius 1 is 1.21 bits per heavy atom. The molecule has 0 fully saturated rings. The highest BCUT2D eigenvalue weighted by molar-refractivity contribution is 6.34. The SMILES string of the molecule is CCOC(=O)O/N=C(/N)C(=O)OCC. The topological polar surface area (TPSA) is 100 Å². The van der Waals surface area contributed by atoms with Crippen LogP contribution in [-0.4, -0.2) is 31.2 Å². The molecule has 0 aromatic carbocycles. The zero-order chi connectivity index (χ0) is 11.0. The Morgan fingerprint density at radius 3 is 2.29 bits per heavy atom. The third-order valence-electron chi connectivity index (χ3n) is 0.965. The molecule has 80 valence electrons. The fourth-order valence-corrected chi connectivity index (χ4v) is 0.473. The van der Waals surface area contributed by atoms with E-state index in [9.17, 15) is 9.59 Å². The van der Waals surface area contributed by atoms with E-state index in [2.05, 4.69) is 19.5 Å². The quantitative estimate of drug-likeness (QED) is 0.228. The number of ether oxygens (including phenoxy) is 2. The molecule has 0 unspecified atom stereocenters. The molecule has 0 saturated carbocycles. The zero-order valence-electron chi connectivity index (χ0n) is 7.98. The second-order valence-electron chi connectivity index (χ2n) is 1.97. The van der Waals surface area contributed by atoms with Gasteiger partial charge in [0.15, 0.2) is 0 Å². The number of carbonyl (C=O) groups is 2. The smallest absolute Gasteiger partial charge is 0.460 e. The molecule has 0 aliphatic rings. The van der Waals surface area contributed by atoms with Crippen molar-refractivity contribution < 1.29 is 23.9 Å². The molecule has 0 aromatic rings. The van der Waals surface area contributed by atoms with Crippen LogP contribution >= 0.6 is 0 Å². The predicted molar refractivity (Wildman–Crippen MR) is 46.4 cm³/mol. The monoisotopic (exact) mass is 204 g/mol. The molecule has 0 heterocycles. The lowest BCUT2D eigenvalue weighted by molar-refractivity contribution is -0.135. The van der Waals surface area contributed by atoms with E-state index >= 15 is 0 Å². The fraction of sp³-hybridized carbons (Fsp3) is 0.571. The molecule has 0 rings (SSSR count). The zero-order valence-corrected chi connectivity index (χ0v) is 7.98. The van der Waals surface area contributed by atoms with E-state index in [0.29, 0.717) is 0 Å². The first-order valence-electron chi connectivity index (χ1n) is 3.96. The number of rotatable bonds is 3. The third-order valence-corrected chi connectivity index (χ3v) is 0.965. The van der Waals surface area contributed by atoms with Crippen molar-refractivity contribution in [3.05, 3.63) is 0 Å². The maximum atomic E-state index is 10.8. The molecule has 0 aromatic heterocycles. The summed E-state index contributed by atoms with van der Waals surface area (Å²) in [6.07, 6.45) is -1.03. The van der Waals surface area contributed by atoms with Crippen molar-refractivity contribution in [2.45, 2.75) is 13.8 Å². The number of carbonyl (C=O) groups excluding carboxylic acids is 2. The highest BCUT2D eigenvalue weighted by Gasteiger charge is 2.10. The van der Waals surface area contributed by atoms with Gasteiger partial charge < -0.3 is 15.2 Å². The van der Waals surface area contributed by atoms with Crippen LogP contribution in [0.3, 0.4) is 0 Å². The summed E-state index contributed by atoms with van der Waals surface area (Å²) in [6, 6.07) is 0. The molecular formula is C7H12N2O5. The predicted octanol–water partition coefficient (Wildman–Crippen LogP) is -0.00520. The van der Waals surface area contributed by atoms with Gasteiger partial charge in [-0.1, -0.05) is 0 Å². The number of hydrogen-bond donors (Lipinski definition) is 1. The van der Waals surface area contributed by atoms with E-state index in [1.807, 2.05) is 0 Å². The second kappa shape index (κ2) is 6.70. The van der Waals surface area contributed by atoms with Crippen molar-refractivity contribution >= 4 is 18.0 Å². The standard InChI is InChI=1S/C7H12N2O5/c1-3-12-6(10)5(8)9-14-7(11)13-4-2/h3-4H2,1-2H3,(H2,8,9). The van der Waals surface area contributed by atoms with Crippen LogP contribution in [0.2, 0.25) is 0 Å². The first-order chi connectivity index (χ1) is 6.61. The molecule has 0 saturated heterocycles. The van der Waals surface area contributed by atoms with Crippen LogP contribution in [0.15, 0.2) is 5.16 Å².